The third-order valence-corrected chi connectivity index (χ3v) is 4.29. The van der Waals surface area contributed by atoms with Crippen LogP contribution in [0, 0.1) is 0 Å². The first kappa shape index (κ1) is 19.6. The quantitative estimate of drug-likeness (QED) is 0.748. The Kier molecular flexibility index (Phi) is 6.39. The second kappa shape index (κ2) is 9.14. The standard InChI is InChI=1S/C21H22N2O5/c1-2-27-21(26)15-7-11-16(12-8-15)22-19(24)14-5-9-17(10-6-14)23-20(25)18-4-3-13-28-18/h5-12,18H,2-4,13H2,1H3,(H,22,24)(H,23,25)/t18-/m1/s1. The molecule has 1 aliphatic heterocycles. The van der Waals surface area contributed by atoms with Crippen LogP contribution in [-0.2, 0) is 14.3 Å². The summed E-state index contributed by atoms with van der Waals surface area (Å²) < 4.78 is 10.3. The maximum atomic E-state index is 12.4. The van der Waals surface area contributed by atoms with Gasteiger partial charge in [0, 0.05) is 23.5 Å². The van der Waals surface area contributed by atoms with Gasteiger partial charge < -0.3 is 20.1 Å². The van der Waals surface area contributed by atoms with Gasteiger partial charge in [0.25, 0.3) is 11.8 Å². The number of rotatable bonds is 6. The van der Waals surface area contributed by atoms with Crippen LogP contribution in [0.1, 0.15) is 40.5 Å². The Morgan fingerprint density at radius 2 is 1.57 bits per heavy atom. The molecule has 28 heavy (non-hydrogen) atoms. The molecule has 7 heteroatoms. The van der Waals surface area contributed by atoms with E-state index in [9.17, 15) is 14.4 Å². The van der Waals surface area contributed by atoms with Crippen LogP contribution < -0.4 is 10.6 Å². The lowest BCUT2D eigenvalue weighted by molar-refractivity contribution is -0.124. The molecule has 1 heterocycles. The molecule has 2 aromatic rings. The fraction of sp³-hybridized carbons (Fsp3) is 0.286. The van der Waals surface area contributed by atoms with Gasteiger partial charge in [0.2, 0.25) is 0 Å². The molecule has 1 atom stereocenters. The van der Waals surface area contributed by atoms with Gasteiger partial charge in [-0.3, -0.25) is 9.59 Å². The molecule has 1 fully saturated rings. The van der Waals surface area contributed by atoms with Crippen LogP contribution in [-0.4, -0.2) is 37.1 Å². The van der Waals surface area contributed by atoms with Crippen LogP contribution >= 0.6 is 0 Å². The largest absolute Gasteiger partial charge is 0.462 e. The highest BCUT2D eigenvalue weighted by Crippen LogP contribution is 2.17. The number of amides is 2. The van der Waals surface area contributed by atoms with Crippen molar-refractivity contribution in [2.75, 3.05) is 23.8 Å². The SMILES string of the molecule is CCOC(=O)c1ccc(NC(=O)c2ccc(NC(=O)[C@H]3CCCO3)cc2)cc1. The molecule has 1 saturated heterocycles. The van der Waals surface area contributed by atoms with Crippen LogP contribution in [0.15, 0.2) is 48.5 Å². The third kappa shape index (κ3) is 4.95. The second-order valence-corrected chi connectivity index (χ2v) is 6.32. The molecule has 0 saturated carbocycles. The van der Waals surface area contributed by atoms with Crippen molar-refractivity contribution in [1.82, 2.24) is 0 Å². The summed E-state index contributed by atoms with van der Waals surface area (Å²) >= 11 is 0. The maximum Gasteiger partial charge on any atom is 0.338 e. The molecule has 7 nitrogen and oxygen atoms in total. The summed E-state index contributed by atoms with van der Waals surface area (Å²) in [5.74, 6) is -0.863. The molecule has 0 unspecified atom stereocenters. The number of carbonyl (C=O) groups excluding carboxylic acids is 3. The Hall–Kier alpha value is -3.19. The van der Waals surface area contributed by atoms with Crippen molar-refractivity contribution in [2.45, 2.75) is 25.9 Å². The van der Waals surface area contributed by atoms with E-state index in [4.69, 9.17) is 9.47 Å². The van der Waals surface area contributed by atoms with Crippen LogP contribution in [0.3, 0.4) is 0 Å². The van der Waals surface area contributed by atoms with Crippen LogP contribution in [0.2, 0.25) is 0 Å². The molecule has 0 radical (unpaired) electrons. The van der Waals surface area contributed by atoms with Crippen LogP contribution in [0.4, 0.5) is 11.4 Å². The Labute approximate surface area is 163 Å². The predicted octanol–water partition coefficient (Wildman–Crippen LogP) is 3.23. The number of anilines is 2. The van der Waals surface area contributed by atoms with Crippen molar-refractivity contribution in [3.8, 4) is 0 Å². The number of hydrogen-bond donors (Lipinski definition) is 2. The van der Waals surface area contributed by atoms with Gasteiger partial charge in [-0.05, 0) is 68.3 Å². The fourth-order valence-electron chi connectivity index (χ4n) is 2.82. The maximum absolute atomic E-state index is 12.4. The third-order valence-electron chi connectivity index (χ3n) is 4.29. The number of ether oxygens (including phenoxy) is 2. The number of esters is 1. The van der Waals surface area contributed by atoms with E-state index in [0.29, 0.717) is 35.7 Å². The van der Waals surface area contributed by atoms with E-state index in [-0.39, 0.29) is 11.8 Å². The van der Waals surface area contributed by atoms with Crippen molar-refractivity contribution in [3.05, 3.63) is 59.7 Å². The molecular weight excluding hydrogens is 360 g/mol. The van der Waals surface area contributed by atoms with Gasteiger partial charge >= 0.3 is 5.97 Å². The van der Waals surface area contributed by atoms with E-state index in [0.717, 1.165) is 12.8 Å². The highest BCUT2D eigenvalue weighted by molar-refractivity contribution is 6.05. The molecule has 2 aromatic carbocycles. The van der Waals surface area contributed by atoms with E-state index in [1.165, 1.54) is 0 Å². The average Bonchev–Trinajstić information content (AvgIpc) is 3.24. The van der Waals surface area contributed by atoms with Gasteiger partial charge in [-0.1, -0.05) is 0 Å². The first-order valence-electron chi connectivity index (χ1n) is 9.18. The molecule has 146 valence electrons. The van der Waals surface area contributed by atoms with Gasteiger partial charge in [0.15, 0.2) is 0 Å². The van der Waals surface area contributed by atoms with Gasteiger partial charge in [0.05, 0.1) is 12.2 Å². The molecular formula is C21H22N2O5. The van der Waals surface area contributed by atoms with Gasteiger partial charge in [0.1, 0.15) is 6.10 Å². The van der Waals surface area contributed by atoms with E-state index in [1.807, 2.05) is 0 Å². The monoisotopic (exact) mass is 382 g/mol. The minimum atomic E-state index is -0.402. The van der Waals surface area contributed by atoms with Gasteiger partial charge in [-0.25, -0.2) is 4.79 Å². The van der Waals surface area contributed by atoms with Crippen molar-refractivity contribution in [1.29, 1.82) is 0 Å². The lowest BCUT2D eigenvalue weighted by Crippen LogP contribution is -2.26. The molecule has 3 rings (SSSR count). The highest BCUT2D eigenvalue weighted by Gasteiger charge is 2.23. The number of carbonyl (C=O) groups is 3. The zero-order chi connectivity index (χ0) is 19.9. The van der Waals surface area contributed by atoms with Crippen LogP contribution in [0.5, 0.6) is 0 Å². The molecule has 0 aromatic heterocycles. The predicted molar refractivity (Wildman–Crippen MR) is 104 cm³/mol. The van der Waals surface area contributed by atoms with Crippen LogP contribution in [0.25, 0.3) is 0 Å². The zero-order valence-electron chi connectivity index (χ0n) is 15.6. The van der Waals surface area contributed by atoms with Gasteiger partial charge in [-0.15, -0.1) is 0 Å². The molecule has 0 bridgehead atoms. The molecule has 0 spiro atoms. The molecule has 2 N–H and O–H groups in total. The summed E-state index contributed by atoms with van der Waals surface area (Å²) in [5, 5.41) is 5.55. The van der Waals surface area contributed by atoms with Gasteiger partial charge in [-0.2, -0.15) is 0 Å². The van der Waals surface area contributed by atoms with Crippen molar-refractivity contribution < 1.29 is 23.9 Å². The van der Waals surface area contributed by atoms with Crippen molar-refractivity contribution in [3.63, 3.8) is 0 Å². The first-order valence-corrected chi connectivity index (χ1v) is 9.18. The Morgan fingerprint density at radius 1 is 0.964 bits per heavy atom. The summed E-state index contributed by atoms with van der Waals surface area (Å²) in [6.45, 7) is 2.66. The summed E-state index contributed by atoms with van der Waals surface area (Å²) in [5.41, 5.74) is 2.04. The highest BCUT2D eigenvalue weighted by atomic mass is 16.5. The molecule has 2 amide bonds. The smallest absolute Gasteiger partial charge is 0.338 e. The summed E-state index contributed by atoms with van der Waals surface area (Å²) in [7, 11) is 0. The van der Waals surface area contributed by atoms with E-state index < -0.39 is 12.1 Å². The van der Waals surface area contributed by atoms with Crippen molar-refractivity contribution >= 4 is 29.2 Å². The zero-order valence-corrected chi connectivity index (χ0v) is 15.6. The van der Waals surface area contributed by atoms with E-state index in [1.54, 1.807) is 55.5 Å². The number of nitrogens with one attached hydrogen (secondary N) is 2. The Bertz CT molecular complexity index is 840. The number of hydrogen-bond acceptors (Lipinski definition) is 5. The molecule has 1 aliphatic rings. The normalized spacial score (nSPS) is 15.7. The Morgan fingerprint density at radius 3 is 2.14 bits per heavy atom. The minimum absolute atomic E-state index is 0.170. The van der Waals surface area contributed by atoms with E-state index in [2.05, 4.69) is 10.6 Å². The minimum Gasteiger partial charge on any atom is -0.462 e. The number of benzene rings is 2. The summed E-state index contributed by atoms with van der Waals surface area (Å²) in [6.07, 6.45) is 1.21. The second-order valence-electron chi connectivity index (χ2n) is 6.32. The lowest BCUT2D eigenvalue weighted by atomic mass is 10.1. The molecule has 0 aliphatic carbocycles. The van der Waals surface area contributed by atoms with E-state index >= 15 is 0 Å². The summed E-state index contributed by atoms with van der Waals surface area (Å²) in [4.78, 5) is 36.1. The van der Waals surface area contributed by atoms with Crippen molar-refractivity contribution in [2.24, 2.45) is 0 Å². The topological polar surface area (TPSA) is 93.7 Å². The fourth-order valence-corrected chi connectivity index (χ4v) is 2.82. The Balaban J connectivity index is 1.57. The first-order chi connectivity index (χ1) is 13.6. The summed E-state index contributed by atoms with van der Waals surface area (Å²) in [6, 6.07) is 13.1. The average molecular weight is 382 g/mol. The lowest BCUT2D eigenvalue weighted by Gasteiger charge is -2.11.